The van der Waals surface area contributed by atoms with Gasteiger partial charge in [0.2, 0.25) is 0 Å². The summed E-state index contributed by atoms with van der Waals surface area (Å²) in [6.45, 7) is 5.83. The normalized spacial score (nSPS) is 23.6. The Morgan fingerprint density at radius 1 is 1.41 bits per heavy atom. The van der Waals surface area contributed by atoms with Gasteiger partial charge in [-0.2, -0.15) is 0 Å². The first-order chi connectivity index (χ1) is 8.31. The van der Waals surface area contributed by atoms with Gasteiger partial charge in [-0.15, -0.1) is 0 Å². The molecule has 0 aromatic heterocycles. The number of nitrogens with one attached hydrogen (secondary N) is 1. The highest BCUT2D eigenvalue weighted by Gasteiger charge is 2.24. The number of hydrogen-bond donors (Lipinski definition) is 1. The first kappa shape index (κ1) is 12.2. The van der Waals surface area contributed by atoms with E-state index in [1.165, 1.54) is 0 Å². The molecule has 1 saturated heterocycles. The second-order valence-corrected chi connectivity index (χ2v) is 4.46. The van der Waals surface area contributed by atoms with E-state index in [0.29, 0.717) is 6.04 Å². The third kappa shape index (κ3) is 3.13. The molecule has 0 bridgehead atoms. The monoisotopic (exact) mass is 235 g/mol. The Labute approximate surface area is 103 Å². The zero-order chi connectivity index (χ0) is 12.1. The summed E-state index contributed by atoms with van der Waals surface area (Å²) in [6.07, 6.45) is 2.36. The van der Waals surface area contributed by atoms with Crippen LogP contribution in [0.25, 0.3) is 0 Å². The maximum Gasteiger partial charge on any atom is 0.142 e. The Hall–Kier alpha value is -1.22. The van der Waals surface area contributed by atoms with Crippen LogP contribution in [0.5, 0.6) is 5.75 Å². The smallest absolute Gasteiger partial charge is 0.142 e. The molecule has 3 nitrogen and oxygen atoms in total. The van der Waals surface area contributed by atoms with E-state index in [0.717, 1.165) is 37.5 Å². The number of ether oxygens (including phenoxy) is 2. The minimum absolute atomic E-state index is 0.272. The van der Waals surface area contributed by atoms with E-state index in [4.69, 9.17) is 9.47 Å². The molecule has 0 saturated carbocycles. The van der Waals surface area contributed by atoms with E-state index < -0.39 is 0 Å². The largest absolute Gasteiger partial charge is 0.491 e. The molecule has 2 rings (SSSR count). The molecule has 2 atom stereocenters. The molecule has 1 aliphatic rings. The van der Waals surface area contributed by atoms with Crippen molar-refractivity contribution < 1.29 is 9.47 Å². The molecule has 1 N–H and O–H groups in total. The second-order valence-electron chi connectivity index (χ2n) is 4.46. The van der Waals surface area contributed by atoms with E-state index in [1.807, 2.05) is 18.2 Å². The van der Waals surface area contributed by atoms with Crippen molar-refractivity contribution in [3.05, 3.63) is 24.3 Å². The molecule has 0 aliphatic carbocycles. The molecular formula is C14H21NO2. The van der Waals surface area contributed by atoms with Crippen LogP contribution in [-0.4, -0.2) is 25.4 Å². The van der Waals surface area contributed by atoms with Gasteiger partial charge in [-0.1, -0.05) is 19.1 Å². The number of hydrogen-bond acceptors (Lipinski definition) is 3. The Bertz CT molecular complexity index is 354. The van der Waals surface area contributed by atoms with Crippen LogP contribution in [0.3, 0.4) is 0 Å². The van der Waals surface area contributed by atoms with Crippen LogP contribution in [-0.2, 0) is 4.74 Å². The predicted octanol–water partition coefficient (Wildman–Crippen LogP) is 3.06. The molecular weight excluding hydrogens is 214 g/mol. The van der Waals surface area contributed by atoms with Crippen LogP contribution in [0.4, 0.5) is 5.69 Å². The molecule has 0 radical (unpaired) electrons. The summed E-state index contributed by atoms with van der Waals surface area (Å²) in [5, 5.41) is 3.52. The summed E-state index contributed by atoms with van der Waals surface area (Å²) in [5.74, 6) is 0.938. The van der Waals surface area contributed by atoms with Gasteiger partial charge in [0, 0.05) is 6.61 Å². The van der Waals surface area contributed by atoms with Crippen molar-refractivity contribution in [3.8, 4) is 5.75 Å². The lowest BCUT2D eigenvalue weighted by atomic mass is 10.1. The van der Waals surface area contributed by atoms with Crippen LogP contribution in [0.2, 0.25) is 0 Å². The molecule has 1 heterocycles. The maximum absolute atomic E-state index is 5.73. The van der Waals surface area contributed by atoms with E-state index in [2.05, 4.69) is 25.2 Å². The van der Waals surface area contributed by atoms with Gasteiger partial charge in [0.25, 0.3) is 0 Å². The lowest BCUT2D eigenvalue weighted by molar-refractivity contribution is 0.121. The zero-order valence-corrected chi connectivity index (χ0v) is 10.6. The lowest BCUT2D eigenvalue weighted by Gasteiger charge is -2.19. The highest BCUT2D eigenvalue weighted by atomic mass is 16.5. The molecule has 1 aromatic rings. The van der Waals surface area contributed by atoms with E-state index in [1.54, 1.807) is 0 Å². The number of rotatable bonds is 5. The molecule has 1 aromatic carbocycles. The highest BCUT2D eigenvalue weighted by molar-refractivity contribution is 5.57. The van der Waals surface area contributed by atoms with Gasteiger partial charge in [-0.3, -0.25) is 0 Å². The van der Waals surface area contributed by atoms with Crippen LogP contribution < -0.4 is 10.1 Å². The van der Waals surface area contributed by atoms with Gasteiger partial charge in [0.15, 0.2) is 0 Å². The lowest BCUT2D eigenvalue weighted by Crippen LogP contribution is -2.26. The van der Waals surface area contributed by atoms with Crippen molar-refractivity contribution in [2.45, 2.75) is 38.8 Å². The fourth-order valence-corrected chi connectivity index (χ4v) is 2.04. The maximum atomic E-state index is 5.73. The number of benzene rings is 1. The average Bonchev–Trinajstić information content (AvgIpc) is 2.74. The molecule has 0 spiro atoms. The standard InChI is InChI=1S/C14H21NO2/c1-3-9-17-14-7-5-4-6-13(14)15-12-8-10-16-11(12)2/h4-7,11-12,15H,3,8-10H2,1-2H3. The van der Waals surface area contributed by atoms with Crippen molar-refractivity contribution in [2.24, 2.45) is 0 Å². The average molecular weight is 235 g/mol. The summed E-state index contributed by atoms with van der Waals surface area (Å²) in [5.41, 5.74) is 1.07. The Morgan fingerprint density at radius 3 is 2.94 bits per heavy atom. The molecule has 2 unspecified atom stereocenters. The van der Waals surface area contributed by atoms with Crippen molar-refractivity contribution in [1.82, 2.24) is 0 Å². The number of anilines is 1. The van der Waals surface area contributed by atoms with Crippen LogP contribution in [0.15, 0.2) is 24.3 Å². The fraction of sp³-hybridized carbons (Fsp3) is 0.571. The quantitative estimate of drug-likeness (QED) is 0.850. The third-order valence-electron chi connectivity index (χ3n) is 3.07. The molecule has 1 fully saturated rings. The van der Waals surface area contributed by atoms with Gasteiger partial charge in [-0.05, 0) is 31.9 Å². The fourth-order valence-electron chi connectivity index (χ4n) is 2.04. The molecule has 94 valence electrons. The predicted molar refractivity (Wildman–Crippen MR) is 69.7 cm³/mol. The SMILES string of the molecule is CCCOc1ccccc1NC1CCOC1C. The van der Waals surface area contributed by atoms with Gasteiger partial charge < -0.3 is 14.8 Å². The summed E-state index contributed by atoms with van der Waals surface area (Å²) in [4.78, 5) is 0. The second kappa shape index (κ2) is 5.92. The van der Waals surface area contributed by atoms with Gasteiger partial charge in [0.05, 0.1) is 24.4 Å². The summed E-state index contributed by atoms with van der Waals surface area (Å²) >= 11 is 0. The van der Waals surface area contributed by atoms with E-state index >= 15 is 0 Å². The van der Waals surface area contributed by atoms with Gasteiger partial charge in [0.1, 0.15) is 5.75 Å². The molecule has 3 heteroatoms. The topological polar surface area (TPSA) is 30.5 Å². The minimum Gasteiger partial charge on any atom is -0.491 e. The minimum atomic E-state index is 0.272. The van der Waals surface area contributed by atoms with Crippen molar-refractivity contribution in [2.75, 3.05) is 18.5 Å². The molecule has 1 aliphatic heterocycles. The van der Waals surface area contributed by atoms with Crippen molar-refractivity contribution in [3.63, 3.8) is 0 Å². The third-order valence-corrected chi connectivity index (χ3v) is 3.07. The summed E-state index contributed by atoms with van der Waals surface area (Å²) in [6, 6.07) is 8.50. The van der Waals surface area contributed by atoms with Gasteiger partial charge >= 0.3 is 0 Å². The van der Waals surface area contributed by atoms with Crippen LogP contribution in [0, 0.1) is 0 Å². The molecule has 17 heavy (non-hydrogen) atoms. The van der Waals surface area contributed by atoms with Crippen LogP contribution >= 0.6 is 0 Å². The van der Waals surface area contributed by atoms with E-state index in [-0.39, 0.29) is 6.10 Å². The van der Waals surface area contributed by atoms with E-state index in [9.17, 15) is 0 Å². The van der Waals surface area contributed by atoms with Crippen LogP contribution in [0.1, 0.15) is 26.7 Å². The van der Waals surface area contributed by atoms with Gasteiger partial charge in [-0.25, -0.2) is 0 Å². The Balaban J connectivity index is 2.03. The van der Waals surface area contributed by atoms with Crippen molar-refractivity contribution in [1.29, 1.82) is 0 Å². The first-order valence-electron chi connectivity index (χ1n) is 6.41. The highest BCUT2D eigenvalue weighted by Crippen LogP contribution is 2.27. The Morgan fingerprint density at radius 2 is 2.24 bits per heavy atom. The molecule has 0 amide bonds. The van der Waals surface area contributed by atoms with Crippen molar-refractivity contribution >= 4 is 5.69 Å². The zero-order valence-electron chi connectivity index (χ0n) is 10.6. The summed E-state index contributed by atoms with van der Waals surface area (Å²) in [7, 11) is 0. The number of para-hydroxylation sites is 2. The Kier molecular flexibility index (Phi) is 4.26. The summed E-state index contributed by atoms with van der Waals surface area (Å²) < 4.78 is 11.3. The first-order valence-corrected chi connectivity index (χ1v) is 6.41.